The Morgan fingerprint density at radius 2 is 1.33 bits per heavy atom. The zero-order valence-electron chi connectivity index (χ0n) is 9.33. The van der Waals surface area contributed by atoms with Gasteiger partial charge in [0.15, 0.2) is 0 Å². The van der Waals surface area contributed by atoms with Crippen LogP contribution in [-0.4, -0.2) is 8.80 Å². The summed E-state index contributed by atoms with van der Waals surface area (Å²) in [5.41, 5.74) is 1.52. The molecule has 0 fully saturated rings. The molecular weight excluding hydrogens is 240 g/mol. The Labute approximate surface area is 105 Å². The minimum absolute atomic E-state index is 0. The van der Waals surface area contributed by atoms with Crippen molar-refractivity contribution in [1.29, 1.82) is 0 Å². The van der Waals surface area contributed by atoms with E-state index in [2.05, 4.69) is 37.4 Å². The molecule has 2 heteroatoms. The maximum Gasteiger partial charge on any atom is 0.0234 e. The van der Waals surface area contributed by atoms with Gasteiger partial charge in [-0.1, -0.05) is 19.1 Å². The summed E-state index contributed by atoms with van der Waals surface area (Å²) in [5, 5.41) is 0. The molecule has 0 nitrogen and oxygen atoms in total. The second kappa shape index (κ2) is 8.72. The van der Waals surface area contributed by atoms with Crippen LogP contribution in [0, 0.1) is 0 Å². The molecule has 0 bridgehead atoms. The summed E-state index contributed by atoms with van der Waals surface area (Å²) in [7, 11) is -0.363. The van der Waals surface area contributed by atoms with E-state index < -0.39 is 0 Å². The molecular formula is C13H18FeSi-6. The largest absolute Gasteiger partial charge is 0.748 e. The van der Waals surface area contributed by atoms with Gasteiger partial charge >= 0.3 is 0 Å². The van der Waals surface area contributed by atoms with Crippen LogP contribution in [0.15, 0.2) is 54.6 Å². The summed E-state index contributed by atoms with van der Waals surface area (Å²) in [6.45, 7) is 4.76. The van der Waals surface area contributed by atoms with Crippen molar-refractivity contribution >= 4 is 8.80 Å². The molecule has 0 aromatic heterocycles. The molecule has 2 aromatic carbocycles. The topological polar surface area (TPSA) is 0 Å². The molecule has 0 radical (unpaired) electrons. The third kappa shape index (κ3) is 7.38. The van der Waals surface area contributed by atoms with Gasteiger partial charge in [-0.25, -0.2) is 12.1 Å². The molecule has 0 saturated heterocycles. The maximum atomic E-state index is 2.38. The fourth-order valence-electron chi connectivity index (χ4n) is 1.34. The molecule has 0 unspecified atom stereocenters. The summed E-state index contributed by atoms with van der Waals surface area (Å²) >= 11 is 0. The quantitative estimate of drug-likeness (QED) is 0.572. The van der Waals surface area contributed by atoms with Gasteiger partial charge in [-0.05, 0) is 0 Å². The third-order valence-corrected chi connectivity index (χ3v) is 3.22. The Morgan fingerprint density at radius 1 is 0.933 bits per heavy atom. The minimum atomic E-state index is -0.363. The van der Waals surface area contributed by atoms with Gasteiger partial charge in [0.2, 0.25) is 0 Å². The van der Waals surface area contributed by atoms with Crippen LogP contribution in [0.1, 0.15) is 5.56 Å². The van der Waals surface area contributed by atoms with Crippen molar-refractivity contribution in [2.75, 3.05) is 0 Å². The average Bonchev–Trinajstić information content (AvgIpc) is 2.75. The fourth-order valence-corrected chi connectivity index (χ4v) is 2.56. The van der Waals surface area contributed by atoms with E-state index in [1.807, 2.05) is 30.3 Å². The molecule has 0 aliphatic carbocycles. The maximum absolute atomic E-state index is 2.38. The molecule has 0 amide bonds. The van der Waals surface area contributed by atoms with E-state index in [0.717, 1.165) is 0 Å². The summed E-state index contributed by atoms with van der Waals surface area (Å²) in [6.07, 6.45) is 0. The molecule has 0 aliphatic heterocycles. The van der Waals surface area contributed by atoms with Gasteiger partial charge in [0.25, 0.3) is 0 Å². The molecule has 0 atom stereocenters. The van der Waals surface area contributed by atoms with Crippen LogP contribution in [0.3, 0.4) is 0 Å². The van der Waals surface area contributed by atoms with Gasteiger partial charge in [-0.15, -0.1) is 0 Å². The van der Waals surface area contributed by atoms with Crippen molar-refractivity contribution in [1.82, 2.24) is 0 Å². The monoisotopic (exact) mass is 258 g/mol. The van der Waals surface area contributed by atoms with Crippen molar-refractivity contribution in [3.8, 4) is 0 Å². The van der Waals surface area contributed by atoms with Crippen LogP contribution < -0.4 is 0 Å². The average molecular weight is 258 g/mol. The Kier molecular flexibility index (Phi) is 8.39. The summed E-state index contributed by atoms with van der Waals surface area (Å²) < 4.78 is 0. The van der Waals surface area contributed by atoms with E-state index in [1.165, 1.54) is 11.6 Å². The zero-order valence-corrected chi connectivity index (χ0v) is 11.6. The number of hydrogen-bond acceptors (Lipinski definition) is 0. The smallest absolute Gasteiger partial charge is 0.0234 e. The second-order valence-corrected chi connectivity index (χ2v) is 7.05. The van der Waals surface area contributed by atoms with E-state index in [1.54, 1.807) is 0 Å². The minimum Gasteiger partial charge on any atom is -0.748 e. The summed E-state index contributed by atoms with van der Waals surface area (Å²) in [6, 6.07) is 20.0. The Morgan fingerprint density at radius 3 is 1.67 bits per heavy atom. The zero-order chi connectivity index (χ0) is 10.2. The van der Waals surface area contributed by atoms with Gasteiger partial charge in [0, 0.05) is 25.9 Å². The van der Waals surface area contributed by atoms with Crippen molar-refractivity contribution < 1.29 is 17.1 Å². The molecule has 0 spiro atoms. The molecule has 88 valence electrons. The van der Waals surface area contributed by atoms with Crippen LogP contribution in [0.4, 0.5) is 0 Å². The van der Waals surface area contributed by atoms with Gasteiger partial charge in [0.05, 0.1) is 0 Å². The first kappa shape index (κ1) is 14.4. The molecule has 2 rings (SSSR count). The van der Waals surface area contributed by atoms with Crippen LogP contribution in [0.25, 0.3) is 0 Å². The van der Waals surface area contributed by atoms with E-state index in [9.17, 15) is 0 Å². The Bertz CT molecular complexity index is 278. The first-order valence-corrected chi connectivity index (χ1v) is 8.29. The van der Waals surface area contributed by atoms with Gasteiger partial charge in [-0.3, -0.25) is 0 Å². The van der Waals surface area contributed by atoms with E-state index in [-0.39, 0.29) is 25.9 Å². The number of hydrogen-bond donors (Lipinski definition) is 0. The van der Waals surface area contributed by atoms with Crippen LogP contribution in [0.5, 0.6) is 0 Å². The normalized spacial score (nSPS) is 9.00. The first-order valence-electron chi connectivity index (χ1n) is 5.16. The van der Waals surface area contributed by atoms with Gasteiger partial charge in [-0.2, -0.15) is 17.7 Å². The van der Waals surface area contributed by atoms with Crippen LogP contribution in [-0.2, 0) is 23.1 Å². The Balaban J connectivity index is 0.000000280. The fraction of sp³-hybridized carbons (Fsp3) is 0.231. The van der Waals surface area contributed by atoms with Crippen molar-refractivity contribution in [2.45, 2.75) is 19.1 Å². The molecule has 0 N–H and O–H groups in total. The molecule has 0 heterocycles. The van der Waals surface area contributed by atoms with E-state index in [0.29, 0.717) is 0 Å². The Hall–Kier alpha value is -0.564. The predicted molar refractivity (Wildman–Crippen MR) is 66.7 cm³/mol. The molecule has 2 aromatic rings. The molecule has 0 aliphatic rings. The van der Waals surface area contributed by atoms with Crippen molar-refractivity contribution in [2.24, 2.45) is 0 Å². The molecule has 15 heavy (non-hydrogen) atoms. The predicted octanol–water partition coefficient (Wildman–Crippen LogP) is 3.38. The second-order valence-electron chi connectivity index (χ2n) is 3.85. The van der Waals surface area contributed by atoms with E-state index >= 15 is 0 Å². The molecule has 0 saturated carbocycles. The van der Waals surface area contributed by atoms with Gasteiger partial charge in [0.1, 0.15) is 0 Å². The van der Waals surface area contributed by atoms with Gasteiger partial charge < -0.3 is 30.3 Å². The van der Waals surface area contributed by atoms with Crippen LogP contribution >= 0.6 is 0 Å². The third-order valence-electron chi connectivity index (χ3n) is 1.93. The van der Waals surface area contributed by atoms with Crippen molar-refractivity contribution in [3.05, 3.63) is 60.2 Å². The SMILES string of the molecule is C[SiH](C)C[c-]1cccc1.[Fe].[cH-]1[cH-][cH-][cH-][cH-]1. The van der Waals surface area contributed by atoms with E-state index in [4.69, 9.17) is 0 Å². The summed E-state index contributed by atoms with van der Waals surface area (Å²) in [4.78, 5) is 0. The standard InChI is InChI=1S/C8H13Si.C5H5.Fe/c1-9(2)7-8-5-3-4-6-8;1-2-4-5-3-1;/h3-6,9H,7H2,1-2H3;1-5H;/q-1;-5;. The number of rotatable bonds is 2. The first-order chi connectivity index (χ1) is 6.79. The van der Waals surface area contributed by atoms with Crippen molar-refractivity contribution in [3.63, 3.8) is 0 Å². The van der Waals surface area contributed by atoms with Crippen LogP contribution in [0.2, 0.25) is 13.1 Å². The summed E-state index contributed by atoms with van der Waals surface area (Å²) in [5.74, 6) is 0.